The van der Waals surface area contributed by atoms with Gasteiger partial charge in [-0.2, -0.15) is 0 Å². The lowest BCUT2D eigenvalue weighted by Crippen LogP contribution is -1.99. The zero-order valence-corrected chi connectivity index (χ0v) is 10.2. The molecule has 0 unspecified atom stereocenters. The standard InChI is InChI=1S/C13H9N5O2/c19-18(20)12-8-6-11(7-9-12)17-15-13(14-16-17)10-4-2-1-3-5-10/h1-9H. The average Bonchev–Trinajstić information content (AvgIpc) is 2.98. The van der Waals surface area contributed by atoms with E-state index in [4.69, 9.17) is 0 Å². The van der Waals surface area contributed by atoms with E-state index in [-0.39, 0.29) is 5.69 Å². The van der Waals surface area contributed by atoms with E-state index in [2.05, 4.69) is 15.4 Å². The van der Waals surface area contributed by atoms with Crippen LogP contribution in [0.4, 0.5) is 5.69 Å². The monoisotopic (exact) mass is 267 g/mol. The van der Waals surface area contributed by atoms with Crippen molar-refractivity contribution in [2.45, 2.75) is 0 Å². The first-order valence-electron chi connectivity index (χ1n) is 5.84. The van der Waals surface area contributed by atoms with Crippen LogP contribution in [0.25, 0.3) is 17.1 Å². The summed E-state index contributed by atoms with van der Waals surface area (Å²) in [5.41, 5.74) is 1.50. The third kappa shape index (κ3) is 2.24. The van der Waals surface area contributed by atoms with Gasteiger partial charge in [-0.3, -0.25) is 10.1 Å². The maximum absolute atomic E-state index is 10.6. The van der Waals surface area contributed by atoms with Crippen LogP contribution in [0.2, 0.25) is 0 Å². The topological polar surface area (TPSA) is 86.7 Å². The van der Waals surface area contributed by atoms with Gasteiger partial charge in [0.05, 0.1) is 10.6 Å². The summed E-state index contributed by atoms with van der Waals surface area (Å²) in [6, 6.07) is 15.4. The summed E-state index contributed by atoms with van der Waals surface area (Å²) in [4.78, 5) is 11.5. The molecule has 0 fully saturated rings. The predicted molar refractivity (Wildman–Crippen MR) is 71.2 cm³/mol. The molecule has 0 aliphatic heterocycles. The zero-order valence-electron chi connectivity index (χ0n) is 10.2. The van der Waals surface area contributed by atoms with Gasteiger partial charge in [-0.15, -0.1) is 15.0 Å². The second-order valence-corrected chi connectivity index (χ2v) is 4.04. The SMILES string of the molecule is O=[N+]([O-])c1ccc(-n2nnc(-c3ccccc3)n2)cc1. The number of nitrogens with zero attached hydrogens (tertiary/aromatic N) is 5. The Kier molecular flexibility index (Phi) is 2.92. The van der Waals surface area contributed by atoms with Crippen LogP contribution in [0.3, 0.4) is 0 Å². The number of tetrazole rings is 1. The number of nitro groups is 1. The molecule has 0 N–H and O–H groups in total. The van der Waals surface area contributed by atoms with Crippen LogP contribution in [0, 0.1) is 10.1 Å². The summed E-state index contributed by atoms with van der Waals surface area (Å²) >= 11 is 0. The summed E-state index contributed by atoms with van der Waals surface area (Å²) in [6.07, 6.45) is 0. The van der Waals surface area contributed by atoms with E-state index in [9.17, 15) is 10.1 Å². The fourth-order valence-electron chi connectivity index (χ4n) is 1.73. The van der Waals surface area contributed by atoms with Crippen molar-refractivity contribution in [2.75, 3.05) is 0 Å². The lowest BCUT2D eigenvalue weighted by atomic mass is 10.2. The number of non-ortho nitro benzene ring substituents is 1. The Balaban J connectivity index is 1.92. The van der Waals surface area contributed by atoms with Crippen LogP contribution in [-0.2, 0) is 0 Å². The summed E-state index contributed by atoms with van der Waals surface area (Å²) in [6.45, 7) is 0. The lowest BCUT2D eigenvalue weighted by Gasteiger charge is -1.97. The molecule has 20 heavy (non-hydrogen) atoms. The van der Waals surface area contributed by atoms with Gasteiger partial charge in [-0.25, -0.2) is 0 Å². The fourth-order valence-corrected chi connectivity index (χ4v) is 1.73. The highest BCUT2D eigenvalue weighted by Crippen LogP contribution is 2.16. The fraction of sp³-hybridized carbons (Fsp3) is 0. The second-order valence-electron chi connectivity index (χ2n) is 4.04. The van der Waals surface area contributed by atoms with Crippen LogP contribution < -0.4 is 0 Å². The van der Waals surface area contributed by atoms with E-state index in [1.54, 1.807) is 12.1 Å². The molecule has 0 aliphatic rings. The van der Waals surface area contributed by atoms with Crippen LogP contribution in [-0.4, -0.2) is 25.1 Å². The molecule has 98 valence electrons. The molecule has 1 heterocycles. The van der Waals surface area contributed by atoms with Crippen molar-refractivity contribution >= 4 is 5.69 Å². The van der Waals surface area contributed by atoms with Crippen molar-refractivity contribution in [1.29, 1.82) is 0 Å². The van der Waals surface area contributed by atoms with E-state index in [0.717, 1.165) is 5.56 Å². The average molecular weight is 267 g/mol. The highest BCUT2D eigenvalue weighted by molar-refractivity contribution is 5.53. The van der Waals surface area contributed by atoms with Crippen molar-refractivity contribution in [3.63, 3.8) is 0 Å². The number of rotatable bonds is 3. The summed E-state index contributed by atoms with van der Waals surface area (Å²) in [7, 11) is 0. The highest BCUT2D eigenvalue weighted by atomic mass is 16.6. The molecule has 0 aliphatic carbocycles. The Labute approximate surface area is 113 Å². The van der Waals surface area contributed by atoms with Gasteiger partial charge >= 0.3 is 0 Å². The van der Waals surface area contributed by atoms with Crippen molar-refractivity contribution < 1.29 is 4.92 Å². The molecule has 0 bridgehead atoms. The van der Waals surface area contributed by atoms with Crippen LogP contribution >= 0.6 is 0 Å². The number of hydrogen-bond donors (Lipinski definition) is 0. The minimum atomic E-state index is -0.450. The second kappa shape index (κ2) is 4.88. The minimum Gasteiger partial charge on any atom is -0.258 e. The maximum atomic E-state index is 10.6. The van der Waals surface area contributed by atoms with Gasteiger partial charge < -0.3 is 0 Å². The van der Waals surface area contributed by atoms with Crippen molar-refractivity contribution in [3.8, 4) is 17.1 Å². The molecule has 0 radical (unpaired) electrons. The molecule has 0 atom stereocenters. The highest BCUT2D eigenvalue weighted by Gasteiger charge is 2.09. The maximum Gasteiger partial charge on any atom is 0.269 e. The molecule has 0 saturated heterocycles. The first-order chi connectivity index (χ1) is 9.74. The molecule has 0 spiro atoms. The van der Waals surface area contributed by atoms with E-state index in [1.165, 1.54) is 16.9 Å². The number of aromatic nitrogens is 4. The smallest absolute Gasteiger partial charge is 0.258 e. The van der Waals surface area contributed by atoms with Crippen LogP contribution in [0.1, 0.15) is 0 Å². The van der Waals surface area contributed by atoms with E-state index in [0.29, 0.717) is 11.5 Å². The van der Waals surface area contributed by atoms with E-state index >= 15 is 0 Å². The molecule has 0 amide bonds. The van der Waals surface area contributed by atoms with Gasteiger partial charge in [-0.1, -0.05) is 30.3 Å². The molecule has 2 aromatic carbocycles. The van der Waals surface area contributed by atoms with Crippen molar-refractivity contribution in [2.24, 2.45) is 0 Å². The van der Waals surface area contributed by atoms with Gasteiger partial charge in [0.25, 0.3) is 5.69 Å². The largest absolute Gasteiger partial charge is 0.269 e. The molecule has 3 rings (SSSR count). The normalized spacial score (nSPS) is 10.4. The molecule has 7 heteroatoms. The van der Waals surface area contributed by atoms with Crippen LogP contribution in [0.15, 0.2) is 54.6 Å². The first kappa shape index (κ1) is 12.0. The van der Waals surface area contributed by atoms with Gasteiger partial charge in [0.15, 0.2) is 0 Å². The third-order valence-electron chi connectivity index (χ3n) is 2.74. The molecular formula is C13H9N5O2. The Morgan fingerprint density at radius 3 is 2.35 bits per heavy atom. The van der Waals surface area contributed by atoms with Crippen LogP contribution in [0.5, 0.6) is 0 Å². The molecule has 0 saturated carbocycles. The number of benzene rings is 2. The van der Waals surface area contributed by atoms with E-state index < -0.39 is 4.92 Å². The van der Waals surface area contributed by atoms with E-state index in [1.807, 2.05) is 30.3 Å². The number of hydrogen-bond acceptors (Lipinski definition) is 5. The Hall–Kier alpha value is -3.09. The van der Waals surface area contributed by atoms with Crippen molar-refractivity contribution in [3.05, 3.63) is 64.7 Å². The quantitative estimate of drug-likeness (QED) is 0.536. The molecule has 1 aromatic heterocycles. The van der Waals surface area contributed by atoms with Gasteiger partial charge in [0, 0.05) is 17.7 Å². The Bertz CT molecular complexity index is 737. The van der Waals surface area contributed by atoms with Gasteiger partial charge in [0.2, 0.25) is 5.82 Å². The third-order valence-corrected chi connectivity index (χ3v) is 2.74. The van der Waals surface area contributed by atoms with Crippen molar-refractivity contribution in [1.82, 2.24) is 20.2 Å². The molecule has 7 nitrogen and oxygen atoms in total. The molecule has 3 aromatic rings. The Morgan fingerprint density at radius 2 is 1.70 bits per heavy atom. The molecular weight excluding hydrogens is 258 g/mol. The number of nitro benzene ring substituents is 1. The summed E-state index contributed by atoms with van der Waals surface area (Å²) in [5.74, 6) is 0.504. The lowest BCUT2D eigenvalue weighted by molar-refractivity contribution is -0.384. The predicted octanol–water partition coefficient (Wildman–Crippen LogP) is 2.24. The zero-order chi connectivity index (χ0) is 13.9. The van der Waals surface area contributed by atoms with Gasteiger partial charge in [0.1, 0.15) is 0 Å². The van der Waals surface area contributed by atoms with Gasteiger partial charge in [-0.05, 0) is 17.3 Å². The summed E-state index contributed by atoms with van der Waals surface area (Å²) in [5, 5.41) is 22.8. The minimum absolute atomic E-state index is 0.0251. The Morgan fingerprint density at radius 1 is 1.00 bits per heavy atom. The summed E-state index contributed by atoms with van der Waals surface area (Å²) < 4.78 is 0. The first-order valence-corrected chi connectivity index (χ1v) is 5.84.